The Morgan fingerprint density at radius 3 is 2.84 bits per heavy atom. The maximum atomic E-state index is 12.5. The van der Waals surface area contributed by atoms with Gasteiger partial charge in [0.2, 0.25) is 5.91 Å². The van der Waals surface area contributed by atoms with Gasteiger partial charge in [-0.15, -0.1) is 11.3 Å². The number of thiophene rings is 1. The van der Waals surface area contributed by atoms with E-state index in [2.05, 4.69) is 15.3 Å². The van der Waals surface area contributed by atoms with E-state index in [9.17, 15) is 9.59 Å². The summed E-state index contributed by atoms with van der Waals surface area (Å²) in [6.07, 6.45) is 0.781. The minimum atomic E-state index is -0.943. The number of H-pyrrole nitrogens is 1. The summed E-state index contributed by atoms with van der Waals surface area (Å²) in [4.78, 5) is 32.4. The fourth-order valence-electron chi connectivity index (χ4n) is 3.03. The van der Waals surface area contributed by atoms with E-state index in [-0.39, 0.29) is 28.7 Å². The Labute approximate surface area is 147 Å². The van der Waals surface area contributed by atoms with Gasteiger partial charge in [-0.25, -0.2) is 9.78 Å². The summed E-state index contributed by atoms with van der Waals surface area (Å²) >= 11 is 1.19. The molecular weight excluding hydrogens is 338 g/mol. The molecule has 4 rings (SSSR count). The van der Waals surface area contributed by atoms with E-state index in [0.717, 1.165) is 28.2 Å². The number of carbonyl (C=O) groups is 2. The predicted octanol–water partition coefficient (Wildman–Crippen LogP) is 3.30. The number of nitrogens with zero attached hydrogens (tertiary/aromatic N) is 1. The number of hydrogen-bond acceptors (Lipinski definition) is 4. The van der Waals surface area contributed by atoms with Crippen LogP contribution in [0, 0.1) is 5.92 Å². The molecular formula is C18H17N3O3S. The van der Waals surface area contributed by atoms with Crippen molar-refractivity contribution < 1.29 is 14.7 Å². The molecule has 1 aliphatic carbocycles. The van der Waals surface area contributed by atoms with E-state index < -0.39 is 5.97 Å². The summed E-state index contributed by atoms with van der Waals surface area (Å²) in [6.45, 7) is 1.87. The molecule has 25 heavy (non-hydrogen) atoms. The number of aromatic nitrogens is 2. The number of fused-ring (bicyclic) bond motifs is 1. The molecule has 0 spiro atoms. The van der Waals surface area contributed by atoms with Gasteiger partial charge in [0.05, 0.1) is 17.1 Å². The van der Waals surface area contributed by atoms with E-state index >= 15 is 0 Å². The van der Waals surface area contributed by atoms with E-state index in [0.29, 0.717) is 0 Å². The van der Waals surface area contributed by atoms with Crippen molar-refractivity contribution in [2.24, 2.45) is 5.92 Å². The molecule has 0 radical (unpaired) electrons. The highest BCUT2D eigenvalue weighted by Crippen LogP contribution is 2.47. The standard InChI is InChI=1S/C18H17N3O3S/c1-9(14-6-7-15(25-14)18(23)24)19-17(22)11-8-10(11)16-20-12-4-2-3-5-13(12)21-16/h2-7,9-11H,8H2,1H3,(H,19,22)(H,20,21)(H,23,24). The van der Waals surface area contributed by atoms with Crippen molar-refractivity contribution in [2.75, 3.05) is 0 Å². The monoisotopic (exact) mass is 355 g/mol. The third kappa shape index (κ3) is 3.02. The molecule has 3 aromatic rings. The lowest BCUT2D eigenvalue weighted by molar-refractivity contribution is -0.123. The molecule has 128 valence electrons. The van der Waals surface area contributed by atoms with Crippen LogP contribution in [-0.4, -0.2) is 27.0 Å². The van der Waals surface area contributed by atoms with Crippen molar-refractivity contribution >= 4 is 34.2 Å². The number of amides is 1. The van der Waals surface area contributed by atoms with Gasteiger partial charge in [0.15, 0.2) is 0 Å². The number of para-hydroxylation sites is 2. The Bertz CT molecular complexity index is 928. The van der Waals surface area contributed by atoms with Crippen LogP contribution in [0.25, 0.3) is 11.0 Å². The summed E-state index contributed by atoms with van der Waals surface area (Å²) in [5, 5.41) is 12.0. The van der Waals surface area contributed by atoms with Crippen LogP contribution >= 0.6 is 11.3 Å². The van der Waals surface area contributed by atoms with E-state index in [1.807, 2.05) is 31.2 Å². The third-order valence-corrected chi connectivity index (χ3v) is 5.77. The van der Waals surface area contributed by atoms with Gasteiger partial charge in [0, 0.05) is 16.7 Å². The van der Waals surface area contributed by atoms with Crippen LogP contribution in [0.5, 0.6) is 0 Å². The third-order valence-electron chi connectivity index (χ3n) is 4.51. The molecule has 1 fully saturated rings. The van der Waals surface area contributed by atoms with E-state index in [4.69, 9.17) is 5.11 Å². The van der Waals surface area contributed by atoms with Gasteiger partial charge in [-0.2, -0.15) is 0 Å². The number of carboxylic acid groups (broad SMARTS) is 1. The van der Waals surface area contributed by atoms with Gasteiger partial charge in [-0.3, -0.25) is 4.79 Å². The molecule has 0 aliphatic heterocycles. The predicted molar refractivity (Wildman–Crippen MR) is 94.8 cm³/mol. The zero-order chi connectivity index (χ0) is 17.6. The Kier molecular flexibility index (Phi) is 3.80. The number of carboxylic acids is 1. The Balaban J connectivity index is 1.41. The summed E-state index contributed by atoms with van der Waals surface area (Å²) in [5.74, 6) is -0.0529. The molecule has 1 saturated carbocycles. The van der Waals surface area contributed by atoms with Crippen LogP contribution < -0.4 is 5.32 Å². The lowest BCUT2D eigenvalue weighted by Crippen LogP contribution is -2.28. The average molecular weight is 355 g/mol. The second kappa shape index (κ2) is 6.00. The van der Waals surface area contributed by atoms with Crippen LogP contribution in [-0.2, 0) is 4.79 Å². The highest BCUT2D eigenvalue weighted by Gasteiger charge is 2.46. The van der Waals surface area contributed by atoms with Gasteiger partial charge in [-0.05, 0) is 37.6 Å². The van der Waals surface area contributed by atoms with Crippen molar-refractivity contribution in [1.82, 2.24) is 15.3 Å². The number of nitrogens with one attached hydrogen (secondary N) is 2. The number of hydrogen-bond donors (Lipinski definition) is 3. The van der Waals surface area contributed by atoms with Crippen molar-refractivity contribution in [2.45, 2.75) is 25.3 Å². The smallest absolute Gasteiger partial charge is 0.345 e. The maximum Gasteiger partial charge on any atom is 0.345 e. The van der Waals surface area contributed by atoms with Gasteiger partial charge >= 0.3 is 5.97 Å². The summed E-state index contributed by atoms with van der Waals surface area (Å²) in [5.41, 5.74) is 1.90. The zero-order valence-electron chi connectivity index (χ0n) is 13.5. The Morgan fingerprint density at radius 2 is 2.12 bits per heavy atom. The lowest BCUT2D eigenvalue weighted by atomic mass is 10.2. The van der Waals surface area contributed by atoms with E-state index in [1.165, 1.54) is 11.3 Å². The first kappa shape index (κ1) is 15.8. The average Bonchev–Trinajstić information content (AvgIpc) is 3.05. The van der Waals surface area contributed by atoms with Gasteiger partial charge < -0.3 is 15.4 Å². The van der Waals surface area contributed by atoms with Gasteiger partial charge in [-0.1, -0.05) is 12.1 Å². The first-order chi connectivity index (χ1) is 12.0. The fraction of sp³-hybridized carbons (Fsp3) is 0.278. The molecule has 0 saturated heterocycles. The SMILES string of the molecule is CC(NC(=O)C1CC1c1nc2ccccc2[nH]1)c1ccc(C(=O)O)s1. The van der Waals surface area contributed by atoms with Crippen LogP contribution in [0.2, 0.25) is 0 Å². The van der Waals surface area contributed by atoms with Gasteiger partial charge in [0.1, 0.15) is 10.7 Å². The summed E-state index contributed by atoms with van der Waals surface area (Å²) < 4.78 is 0. The van der Waals surface area contributed by atoms with Crippen LogP contribution in [0.3, 0.4) is 0 Å². The number of carbonyl (C=O) groups excluding carboxylic acids is 1. The van der Waals surface area contributed by atoms with Crippen molar-refractivity contribution in [3.8, 4) is 0 Å². The number of rotatable bonds is 5. The molecule has 1 aliphatic rings. The molecule has 3 N–H and O–H groups in total. The Hall–Kier alpha value is -2.67. The number of aromatic amines is 1. The molecule has 2 aromatic heterocycles. The van der Waals surface area contributed by atoms with Crippen molar-refractivity contribution in [3.63, 3.8) is 0 Å². The fourth-order valence-corrected chi connectivity index (χ4v) is 3.88. The number of benzene rings is 1. The van der Waals surface area contributed by atoms with Crippen molar-refractivity contribution in [1.29, 1.82) is 0 Å². The number of aromatic carboxylic acids is 1. The highest BCUT2D eigenvalue weighted by molar-refractivity contribution is 7.14. The lowest BCUT2D eigenvalue weighted by Gasteiger charge is -2.11. The molecule has 6 nitrogen and oxygen atoms in total. The maximum absolute atomic E-state index is 12.5. The van der Waals surface area contributed by atoms with Crippen molar-refractivity contribution in [3.05, 3.63) is 52.0 Å². The highest BCUT2D eigenvalue weighted by atomic mass is 32.1. The molecule has 1 amide bonds. The largest absolute Gasteiger partial charge is 0.477 e. The van der Waals surface area contributed by atoms with E-state index in [1.54, 1.807) is 12.1 Å². The first-order valence-electron chi connectivity index (χ1n) is 8.11. The normalized spacial score (nSPS) is 20.4. The number of imidazole rings is 1. The summed E-state index contributed by atoms with van der Waals surface area (Å²) in [7, 11) is 0. The quantitative estimate of drug-likeness (QED) is 0.654. The van der Waals surface area contributed by atoms with Crippen LogP contribution in [0.15, 0.2) is 36.4 Å². The minimum Gasteiger partial charge on any atom is -0.477 e. The zero-order valence-corrected chi connectivity index (χ0v) is 14.3. The molecule has 3 atom stereocenters. The van der Waals surface area contributed by atoms with Crippen LogP contribution in [0.1, 0.15) is 45.7 Å². The second-order valence-electron chi connectivity index (χ2n) is 6.33. The minimum absolute atomic E-state index is 0.0109. The second-order valence-corrected chi connectivity index (χ2v) is 7.44. The molecule has 3 unspecified atom stereocenters. The van der Waals surface area contributed by atoms with Crippen LogP contribution in [0.4, 0.5) is 0 Å². The topological polar surface area (TPSA) is 95.1 Å². The van der Waals surface area contributed by atoms with Gasteiger partial charge in [0.25, 0.3) is 0 Å². The first-order valence-corrected chi connectivity index (χ1v) is 8.92. The molecule has 7 heteroatoms. The Morgan fingerprint density at radius 1 is 1.32 bits per heavy atom. The molecule has 0 bridgehead atoms. The molecule has 1 aromatic carbocycles. The summed E-state index contributed by atoms with van der Waals surface area (Å²) in [6, 6.07) is 10.9. The molecule has 2 heterocycles.